The fraction of sp³-hybridized carbons (Fsp3) is 0.240. The van der Waals surface area contributed by atoms with Gasteiger partial charge in [-0.25, -0.2) is 18.4 Å². The first-order chi connectivity index (χ1) is 17.9. The lowest BCUT2D eigenvalue weighted by atomic mass is 10.1. The molecule has 0 unspecified atom stereocenters. The predicted molar refractivity (Wildman–Crippen MR) is 138 cm³/mol. The largest absolute Gasteiger partial charge is 0.416 e. The van der Waals surface area contributed by atoms with Crippen molar-refractivity contribution < 1.29 is 21.6 Å². The van der Waals surface area contributed by atoms with Gasteiger partial charge in [-0.05, 0) is 43.7 Å². The maximum absolute atomic E-state index is 13.0. The van der Waals surface area contributed by atoms with Gasteiger partial charge in [-0.15, -0.1) is 0 Å². The number of aromatic nitrogens is 5. The highest BCUT2D eigenvalue weighted by molar-refractivity contribution is 7.92. The predicted octanol–water partition coefficient (Wildman–Crippen LogP) is 4.42. The quantitative estimate of drug-likeness (QED) is 0.329. The highest BCUT2D eigenvalue weighted by atomic mass is 32.2. The second-order valence-electron chi connectivity index (χ2n) is 8.90. The third-order valence-electron chi connectivity index (χ3n) is 6.33. The molecule has 5 aromatic rings. The molecule has 0 radical (unpaired) electrons. The topological polar surface area (TPSA) is 115 Å². The Morgan fingerprint density at radius 1 is 1.11 bits per heavy atom. The van der Waals surface area contributed by atoms with E-state index in [1.54, 1.807) is 43.1 Å². The first-order valence-electron chi connectivity index (χ1n) is 11.6. The number of aryl methyl sites for hydroxylation is 2. The molecular weight excluding hydrogens is 521 g/mol. The summed E-state index contributed by atoms with van der Waals surface area (Å²) < 4.78 is 69.8. The van der Waals surface area contributed by atoms with Crippen LogP contribution in [0.1, 0.15) is 23.9 Å². The molecule has 4 aromatic heterocycles. The fourth-order valence-corrected chi connectivity index (χ4v) is 4.93. The summed E-state index contributed by atoms with van der Waals surface area (Å²) in [5.74, 6) is 0.327. The highest BCUT2D eigenvalue weighted by Gasteiger charge is 2.30. The molecule has 4 heterocycles. The number of pyridine rings is 2. The Morgan fingerprint density at radius 2 is 1.82 bits per heavy atom. The normalized spacial score (nSPS) is 12.5. The zero-order valence-electron chi connectivity index (χ0n) is 20.6. The van der Waals surface area contributed by atoms with Gasteiger partial charge >= 0.3 is 6.18 Å². The van der Waals surface area contributed by atoms with Crippen molar-refractivity contribution in [3.05, 3.63) is 76.1 Å². The van der Waals surface area contributed by atoms with Gasteiger partial charge in [0, 0.05) is 30.4 Å². The van der Waals surface area contributed by atoms with E-state index >= 15 is 0 Å². The lowest BCUT2D eigenvalue weighted by Gasteiger charge is -2.13. The van der Waals surface area contributed by atoms with E-state index in [0.717, 1.165) is 12.1 Å². The molecule has 38 heavy (non-hydrogen) atoms. The number of benzene rings is 1. The third kappa shape index (κ3) is 4.53. The molecular formula is C25H23F3N6O3S. The lowest BCUT2D eigenvalue weighted by molar-refractivity contribution is -0.137. The maximum atomic E-state index is 13.0. The summed E-state index contributed by atoms with van der Waals surface area (Å²) >= 11 is 0. The van der Waals surface area contributed by atoms with E-state index in [9.17, 15) is 26.4 Å². The number of nitrogens with one attached hydrogen (secondary N) is 2. The Morgan fingerprint density at radius 3 is 2.47 bits per heavy atom. The second kappa shape index (κ2) is 9.01. The van der Waals surface area contributed by atoms with Gasteiger partial charge in [0.15, 0.2) is 5.65 Å². The first kappa shape index (κ1) is 25.5. The molecule has 0 spiro atoms. The molecule has 0 bridgehead atoms. The van der Waals surface area contributed by atoms with Crippen molar-refractivity contribution >= 4 is 37.8 Å². The molecule has 0 saturated heterocycles. The van der Waals surface area contributed by atoms with Gasteiger partial charge in [-0.3, -0.25) is 9.52 Å². The van der Waals surface area contributed by atoms with E-state index in [1.165, 1.54) is 23.6 Å². The maximum Gasteiger partial charge on any atom is 0.416 e. The van der Waals surface area contributed by atoms with Gasteiger partial charge in [0.1, 0.15) is 16.9 Å². The molecule has 2 N–H and O–H groups in total. The zero-order chi connectivity index (χ0) is 27.4. The van der Waals surface area contributed by atoms with Crippen LogP contribution in [0.2, 0.25) is 0 Å². The smallest absolute Gasteiger partial charge is 0.357 e. The SMILES string of the molecule is CCS(=O)(=O)Nc1cc(-c2cn(C)c(=O)c3[nH]ccc23)nc2c1nc(C)n2Cc1ccc(C(F)(F)F)cc1. The van der Waals surface area contributed by atoms with Crippen molar-refractivity contribution in [3.8, 4) is 11.3 Å². The summed E-state index contributed by atoms with van der Waals surface area (Å²) in [6.45, 7) is 3.37. The molecule has 0 aliphatic heterocycles. The number of rotatable bonds is 6. The van der Waals surface area contributed by atoms with Crippen LogP contribution in [0.25, 0.3) is 33.3 Å². The zero-order valence-corrected chi connectivity index (χ0v) is 21.4. The minimum atomic E-state index is -4.45. The number of halogens is 3. The summed E-state index contributed by atoms with van der Waals surface area (Å²) in [7, 11) is -2.08. The van der Waals surface area contributed by atoms with Crippen molar-refractivity contribution in [2.75, 3.05) is 10.5 Å². The van der Waals surface area contributed by atoms with Crippen molar-refractivity contribution in [3.63, 3.8) is 0 Å². The number of fused-ring (bicyclic) bond motifs is 2. The van der Waals surface area contributed by atoms with Crippen LogP contribution in [-0.4, -0.2) is 38.3 Å². The Kier molecular flexibility index (Phi) is 6.05. The number of hydrogen-bond acceptors (Lipinski definition) is 5. The van der Waals surface area contributed by atoms with Crippen molar-refractivity contribution in [1.29, 1.82) is 0 Å². The summed E-state index contributed by atoms with van der Waals surface area (Å²) in [4.78, 5) is 24.8. The summed E-state index contributed by atoms with van der Waals surface area (Å²) in [5, 5.41) is 0.606. The van der Waals surface area contributed by atoms with Crippen LogP contribution >= 0.6 is 0 Å². The van der Waals surface area contributed by atoms with E-state index in [1.807, 2.05) is 0 Å². The van der Waals surface area contributed by atoms with Crippen LogP contribution in [0.4, 0.5) is 18.9 Å². The average molecular weight is 545 g/mol. The number of anilines is 1. The van der Waals surface area contributed by atoms with Crippen molar-refractivity contribution in [2.24, 2.45) is 7.05 Å². The van der Waals surface area contributed by atoms with Gasteiger partial charge in [-0.2, -0.15) is 13.2 Å². The van der Waals surface area contributed by atoms with Crippen LogP contribution in [0.5, 0.6) is 0 Å². The van der Waals surface area contributed by atoms with Gasteiger partial charge in [-0.1, -0.05) is 12.1 Å². The van der Waals surface area contributed by atoms with Gasteiger partial charge in [0.25, 0.3) is 5.56 Å². The number of imidazole rings is 1. The molecule has 9 nitrogen and oxygen atoms in total. The van der Waals surface area contributed by atoms with Crippen molar-refractivity contribution in [1.82, 2.24) is 24.1 Å². The molecule has 198 valence electrons. The van der Waals surface area contributed by atoms with Gasteiger partial charge in [0.05, 0.1) is 29.2 Å². The third-order valence-corrected chi connectivity index (χ3v) is 7.62. The average Bonchev–Trinajstić information content (AvgIpc) is 3.47. The van der Waals surface area contributed by atoms with Crippen LogP contribution < -0.4 is 10.3 Å². The Hall–Kier alpha value is -4.13. The number of sulfonamides is 1. The van der Waals surface area contributed by atoms with Crippen LogP contribution in [0, 0.1) is 6.92 Å². The number of aromatic amines is 1. The van der Waals surface area contributed by atoms with Crippen molar-refractivity contribution in [2.45, 2.75) is 26.6 Å². The Labute approximate surface area is 215 Å². The molecule has 0 fully saturated rings. The van der Waals surface area contributed by atoms with E-state index in [0.29, 0.717) is 44.7 Å². The van der Waals surface area contributed by atoms with E-state index in [2.05, 4.69) is 14.7 Å². The molecule has 1 aromatic carbocycles. The van der Waals surface area contributed by atoms with Gasteiger partial charge < -0.3 is 14.1 Å². The number of nitrogens with zero attached hydrogens (tertiary/aromatic N) is 4. The Balaban J connectivity index is 1.72. The lowest BCUT2D eigenvalue weighted by Crippen LogP contribution is -2.17. The van der Waals surface area contributed by atoms with Crippen LogP contribution in [-0.2, 0) is 29.8 Å². The van der Waals surface area contributed by atoms with E-state index < -0.39 is 21.8 Å². The van der Waals surface area contributed by atoms with Crippen LogP contribution in [0.15, 0.2) is 53.6 Å². The van der Waals surface area contributed by atoms with E-state index in [-0.39, 0.29) is 23.5 Å². The molecule has 13 heteroatoms. The molecule has 0 atom stereocenters. The second-order valence-corrected chi connectivity index (χ2v) is 10.9. The minimum absolute atomic E-state index is 0.156. The first-order valence-corrected chi connectivity index (χ1v) is 13.2. The Bertz CT molecular complexity index is 1850. The summed E-state index contributed by atoms with van der Waals surface area (Å²) in [6, 6.07) is 8.09. The highest BCUT2D eigenvalue weighted by Crippen LogP contribution is 2.33. The molecule has 0 aliphatic carbocycles. The van der Waals surface area contributed by atoms with Gasteiger partial charge in [0.2, 0.25) is 10.0 Å². The standard InChI is InChI=1S/C25H23F3N6O3S/c1-4-38(36,37)32-20-11-19(18-13-33(3)24(35)21-17(18)9-10-29-21)31-23-22(20)30-14(2)34(23)12-15-5-7-16(8-6-15)25(26,27)28/h5-11,13,29H,4,12H2,1-3H3,(H,31,32). The van der Waals surface area contributed by atoms with Crippen LogP contribution in [0.3, 0.4) is 0 Å². The molecule has 5 rings (SSSR count). The molecule has 0 aliphatic rings. The summed E-state index contributed by atoms with van der Waals surface area (Å²) in [6.07, 6.45) is -1.20. The number of H-pyrrole nitrogens is 1. The molecule has 0 saturated carbocycles. The number of hydrogen-bond donors (Lipinski definition) is 2. The summed E-state index contributed by atoms with van der Waals surface area (Å²) in [5.41, 5.74) is 1.79. The molecule has 0 amide bonds. The minimum Gasteiger partial charge on any atom is -0.357 e. The fourth-order valence-electron chi connectivity index (χ4n) is 4.30. The van der Waals surface area contributed by atoms with E-state index in [4.69, 9.17) is 4.98 Å². The monoisotopic (exact) mass is 544 g/mol. The number of alkyl halides is 3.